The molecule has 1 heterocycles. The lowest BCUT2D eigenvalue weighted by Crippen LogP contribution is -2.48. The van der Waals surface area contributed by atoms with Crippen LogP contribution in [-0.2, 0) is 21.2 Å². The summed E-state index contributed by atoms with van der Waals surface area (Å²) in [7, 11) is -3.62. The van der Waals surface area contributed by atoms with E-state index in [0.29, 0.717) is 13.0 Å². The molecule has 0 spiro atoms. The zero-order valence-corrected chi connectivity index (χ0v) is 13.3. The summed E-state index contributed by atoms with van der Waals surface area (Å²) < 4.78 is 27.3. The quantitative estimate of drug-likeness (QED) is 0.852. The van der Waals surface area contributed by atoms with Gasteiger partial charge in [-0.25, -0.2) is 13.1 Å². The molecule has 0 saturated carbocycles. The van der Waals surface area contributed by atoms with Gasteiger partial charge in [0.25, 0.3) is 0 Å². The number of amides is 1. The van der Waals surface area contributed by atoms with Gasteiger partial charge in [0.05, 0.1) is 4.90 Å². The molecule has 1 amide bonds. The van der Waals surface area contributed by atoms with Crippen molar-refractivity contribution in [3.63, 3.8) is 0 Å². The van der Waals surface area contributed by atoms with E-state index in [-0.39, 0.29) is 17.3 Å². The molecule has 1 aliphatic rings. The fraction of sp³-hybridized carbons (Fsp3) is 0.500. The van der Waals surface area contributed by atoms with Gasteiger partial charge in [0.1, 0.15) is 0 Å². The van der Waals surface area contributed by atoms with Crippen molar-refractivity contribution in [2.45, 2.75) is 37.6 Å². The van der Waals surface area contributed by atoms with Crippen LogP contribution < -0.4 is 15.4 Å². The van der Waals surface area contributed by atoms with Crippen LogP contribution in [0.4, 0.5) is 5.69 Å². The highest BCUT2D eigenvalue weighted by molar-refractivity contribution is 7.89. The Morgan fingerprint density at radius 1 is 1.43 bits per heavy atom. The van der Waals surface area contributed by atoms with Crippen molar-refractivity contribution in [3.05, 3.63) is 23.8 Å². The average Bonchev–Trinajstić information content (AvgIpc) is 2.80. The fourth-order valence-electron chi connectivity index (χ4n) is 2.34. The SMILES string of the molecule is CC(=O)N1CCc2cc(S(=O)(=O)NC(C)(C)CN)ccc21. The molecule has 0 atom stereocenters. The average molecular weight is 311 g/mol. The third-order valence-electron chi connectivity index (χ3n) is 3.56. The third-order valence-corrected chi connectivity index (χ3v) is 5.25. The second-order valence-electron chi connectivity index (χ2n) is 5.90. The Morgan fingerprint density at radius 3 is 2.67 bits per heavy atom. The number of rotatable bonds is 4. The van der Waals surface area contributed by atoms with Crippen LogP contribution in [0.15, 0.2) is 23.1 Å². The van der Waals surface area contributed by atoms with Crippen LogP contribution >= 0.6 is 0 Å². The monoisotopic (exact) mass is 311 g/mol. The van der Waals surface area contributed by atoms with Gasteiger partial charge in [-0.2, -0.15) is 0 Å². The number of nitrogens with two attached hydrogens (primary N) is 1. The van der Waals surface area contributed by atoms with Crippen molar-refractivity contribution in [3.8, 4) is 0 Å². The van der Waals surface area contributed by atoms with Gasteiger partial charge in [-0.05, 0) is 44.0 Å². The van der Waals surface area contributed by atoms with E-state index in [1.165, 1.54) is 13.0 Å². The summed E-state index contributed by atoms with van der Waals surface area (Å²) in [5.41, 5.74) is 6.52. The number of carbonyl (C=O) groups is 1. The Balaban J connectivity index is 2.34. The number of hydrogen-bond donors (Lipinski definition) is 2. The second-order valence-corrected chi connectivity index (χ2v) is 7.59. The van der Waals surface area contributed by atoms with Gasteiger partial charge in [-0.1, -0.05) is 0 Å². The first kappa shape index (κ1) is 15.9. The standard InChI is InChI=1S/C14H21N3O3S/c1-10(18)17-7-6-11-8-12(4-5-13(11)17)21(19,20)16-14(2,3)9-15/h4-5,8,16H,6-7,9,15H2,1-3H3. The van der Waals surface area contributed by atoms with Crippen molar-refractivity contribution in [1.82, 2.24) is 4.72 Å². The molecule has 0 unspecified atom stereocenters. The Hall–Kier alpha value is -1.44. The first-order valence-electron chi connectivity index (χ1n) is 6.81. The fourth-order valence-corrected chi connectivity index (χ4v) is 3.81. The predicted molar refractivity (Wildman–Crippen MR) is 81.6 cm³/mol. The maximum atomic E-state index is 12.4. The number of fused-ring (bicyclic) bond motifs is 1. The molecule has 1 aromatic rings. The molecule has 1 aliphatic heterocycles. The van der Waals surface area contributed by atoms with Crippen LogP contribution in [0, 0.1) is 0 Å². The minimum atomic E-state index is -3.62. The number of nitrogens with one attached hydrogen (secondary N) is 1. The van der Waals surface area contributed by atoms with Crippen LogP contribution in [-0.4, -0.2) is 33.0 Å². The van der Waals surface area contributed by atoms with Crippen LogP contribution in [0.2, 0.25) is 0 Å². The minimum absolute atomic E-state index is 0.0354. The number of sulfonamides is 1. The van der Waals surface area contributed by atoms with E-state index >= 15 is 0 Å². The third kappa shape index (κ3) is 3.25. The smallest absolute Gasteiger partial charge is 0.241 e. The van der Waals surface area contributed by atoms with Crippen molar-refractivity contribution >= 4 is 21.6 Å². The highest BCUT2D eigenvalue weighted by atomic mass is 32.2. The molecule has 3 N–H and O–H groups in total. The molecular formula is C14H21N3O3S. The van der Waals surface area contributed by atoms with Crippen LogP contribution in [0.5, 0.6) is 0 Å². The Labute approximate surface area is 125 Å². The van der Waals surface area contributed by atoms with Gasteiger partial charge in [0.15, 0.2) is 0 Å². The maximum Gasteiger partial charge on any atom is 0.241 e. The number of benzene rings is 1. The summed E-state index contributed by atoms with van der Waals surface area (Å²) >= 11 is 0. The van der Waals surface area contributed by atoms with E-state index in [0.717, 1.165) is 11.3 Å². The van der Waals surface area contributed by atoms with Gasteiger partial charge in [-0.3, -0.25) is 4.79 Å². The van der Waals surface area contributed by atoms with E-state index in [4.69, 9.17) is 5.73 Å². The second kappa shape index (κ2) is 5.40. The molecule has 0 aromatic heterocycles. The number of anilines is 1. The first-order valence-corrected chi connectivity index (χ1v) is 8.30. The van der Waals surface area contributed by atoms with E-state index in [1.807, 2.05) is 0 Å². The molecule has 1 aromatic carbocycles. The predicted octanol–water partition coefficient (Wildman–Crippen LogP) is 0.611. The molecule has 116 valence electrons. The van der Waals surface area contributed by atoms with E-state index in [9.17, 15) is 13.2 Å². The van der Waals surface area contributed by atoms with E-state index in [1.54, 1.807) is 30.9 Å². The highest BCUT2D eigenvalue weighted by Crippen LogP contribution is 2.30. The molecule has 21 heavy (non-hydrogen) atoms. The van der Waals surface area contributed by atoms with Gasteiger partial charge >= 0.3 is 0 Å². The van der Waals surface area contributed by atoms with Gasteiger partial charge in [0, 0.05) is 31.2 Å². The lowest BCUT2D eigenvalue weighted by Gasteiger charge is -2.24. The summed E-state index contributed by atoms with van der Waals surface area (Å²) in [4.78, 5) is 13.4. The zero-order chi connectivity index (χ0) is 15.8. The number of hydrogen-bond acceptors (Lipinski definition) is 4. The summed E-state index contributed by atoms with van der Waals surface area (Å²) in [6.45, 7) is 5.76. The molecule has 0 aliphatic carbocycles. The Morgan fingerprint density at radius 2 is 2.10 bits per heavy atom. The minimum Gasteiger partial charge on any atom is -0.329 e. The van der Waals surface area contributed by atoms with Gasteiger partial charge < -0.3 is 10.6 Å². The molecule has 0 bridgehead atoms. The van der Waals surface area contributed by atoms with Crippen LogP contribution in [0.1, 0.15) is 26.3 Å². The van der Waals surface area contributed by atoms with Crippen LogP contribution in [0.25, 0.3) is 0 Å². The summed E-state index contributed by atoms with van der Waals surface area (Å²) in [6.07, 6.45) is 0.665. The Kier molecular flexibility index (Phi) is 4.10. The topological polar surface area (TPSA) is 92.5 Å². The molecule has 0 saturated heterocycles. The largest absolute Gasteiger partial charge is 0.329 e. The molecule has 6 nitrogen and oxygen atoms in total. The lowest BCUT2D eigenvalue weighted by atomic mass is 10.1. The van der Waals surface area contributed by atoms with Crippen LogP contribution in [0.3, 0.4) is 0 Å². The summed E-state index contributed by atoms with van der Waals surface area (Å²) in [6, 6.07) is 4.84. The van der Waals surface area contributed by atoms with Gasteiger partial charge in [-0.15, -0.1) is 0 Å². The Bertz CT molecular complexity index is 668. The number of nitrogens with zero attached hydrogens (tertiary/aromatic N) is 1. The highest BCUT2D eigenvalue weighted by Gasteiger charge is 2.28. The van der Waals surface area contributed by atoms with Crippen molar-refractivity contribution < 1.29 is 13.2 Å². The maximum absolute atomic E-state index is 12.4. The zero-order valence-electron chi connectivity index (χ0n) is 12.5. The lowest BCUT2D eigenvalue weighted by molar-refractivity contribution is -0.116. The first-order chi connectivity index (χ1) is 9.66. The summed E-state index contributed by atoms with van der Waals surface area (Å²) in [5, 5.41) is 0. The molecule has 0 fully saturated rings. The molecule has 0 radical (unpaired) electrons. The summed E-state index contributed by atoms with van der Waals surface area (Å²) in [5.74, 6) is -0.0354. The number of carbonyl (C=O) groups excluding carboxylic acids is 1. The normalized spacial score (nSPS) is 15.1. The van der Waals surface area contributed by atoms with E-state index < -0.39 is 15.6 Å². The molecular weight excluding hydrogens is 290 g/mol. The van der Waals surface area contributed by atoms with E-state index in [2.05, 4.69) is 4.72 Å². The van der Waals surface area contributed by atoms with Crippen molar-refractivity contribution in [1.29, 1.82) is 0 Å². The molecule has 7 heteroatoms. The van der Waals surface area contributed by atoms with Crippen molar-refractivity contribution in [2.75, 3.05) is 18.0 Å². The van der Waals surface area contributed by atoms with Gasteiger partial charge in [0.2, 0.25) is 15.9 Å². The van der Waals surface area contributed by atoms with Crippen molar-refractivity contribution in [2.24, 2.45) is 5.73 Å². The molecule has 2 rings (SSSR count).